The summed E-state index contributed by atoms with van der Waals surface area (Å²) in [5, 5.41) is 0. The Kier molecular flexibility index (Phi) is 3.71. The second-order valence-electron chi connectivity index (χ2n) is 5.10. The van der Waals surface area contributed by atoms with E-state index in [2.05, 4.69) is 4.74 Å². The molecule has 0 aliphatic rings. The van der Waals surface area contributed by atoms with Gasteiger partial charge in [0.1, 0.15) is 0 Å². The van der Waals surface area contributed by atoms with Crippen LogP contribution in [0.2, 0.25) is 0 Å². The highest BCUT2D eigenvalue weighted by Gasteiger charge is 2.18. The highest BCUT2D eigenvalue weighted by atomic mass is 16.5. The van der Waals surface area contributed by atoms with Crippen LogP contribution in [-0.2, 0) is 10.2 Å². The monoisotopic (exact) mass is 234 g/mol. The SMILES string of the molecule is COC(=O)c1cc(C(C)=O)cc(C(C)(C)C)c1. The molecule has 0 aliphatic carbocycles. The van der Waals surface area contributed by atoms with Gasteiger partial charge in [-0.2, -0.15) is 0 Å². The van der Waals surface area contributed by atoms with Crippen LogP contribution in [0.25, 0.3) is 0 Å². The lowest BCUT2D eigenvalue weighted by atomic mass is 9.84. The van der Waals surface area contributed by atoms with E-state index in [4.69, 9.17) is 0 Å². The lowest BCUT2D eigenvalue weighted by Gasteiger charge is -2.20. The van der Waals surface area contributed by atoms with Crippen molar-refractivity contribution in [1.82, 2.24) is 0 Å². The highest BCUT2D eigenvalue weighted by molar-refractivity contribution is 5.98. The van der Waals surface area contributed by atoms with Crippen LogP contribution in [-0.4, -0.2) is 18.9 Å². The van der Waals surface area contributed by atoms with Crippen molar-refractivity contribution in [2.75, 3.05) is 7.11 Å². The molecule has 3 heteroatoms. The lowest BCUT2D eigenvalue weighted by molar-refractivity contribution is 0.0600. The first kappa shape index (κ1) is 13.4. The van der Waals surface area contributed by atoms with E-state index in [0.29, 0.717) is 11.1 Å². The van der Waals surface area contributed by atoms with Crippen LogP contribution in [0, 0.1) is 0 Å². The van der Waals surface area contributed by atoms with Crippen LogP contribution in [0.1, 0.15) is 54.0 Å². The molecule has 1 rings (SSSR count). The zero-order chi connectivity index (χ0) is 13.2. The molecule has 0 spiro atoms. The molecule has 0 aromatic heterocycles. The van der Waals surface area contributed by atoms with Gasteiger partial charge in [0.05, 0.1) is 12.7 Å². The smallest absolute Gasteiger partial charge is 0.337 e. The topological polar surface area (TPSA) is 43.4 Å². The minimum Gasteiger partial charge on any atom is -0.465 e. The minimum absolute atomic E-state index is 0.0544. The molecule has 0 aliphatic heterocycles. The quantitative estimate of drug-likeness (QED) is 0.583. The van der Waals surface area contributed by atoms with Crippen LogP contribution in [0.3, 0.4) is 0 Å². The zero-order valence-corrected chi connectivity index (χ0v) is 11.0. The van der Waals surface area contributed by atoms with Crippen LogP contribution >= 0.6 is 0 Å². The molecule has 0 amide bonds. The number of Topliss-reactive ketones (excluding diaryl/α,β-unsaturated/α-hetero) is 1. The molecular weight excluding hydrogens is 216 g/mol. The van der Waals surface area contributed by atoms with Crippen molar-refractivity contribution < 1.29 is 14.3 Å². The number of rotatable bonds is 2. The van der Waals surface area contributed by atoms with E-state index in [9.17, 15) is 9.59 Å². The number of hydrogen-bond acceptors (Lipinski definition) is 3. The second kappa shape index (κ2) is 4.70. The van der Waals surface area contributed by atoms with E-state index in [1.165, 1.54) is 14.0 Å². The third kappa shape index (κ3) is 3.16. The highest BCUT2D eigenvalue weighted by Crippen LogP contribution is 2.25. The van der Waals surface area contributed by atoms with Gasteiger partial charge in [-0.1, -0.05) is 20.8 Å². The molecule has 1 aromatic rings. The van der Waals surface area contributed by atoms with Gasteiger partial charge in [-0.25, -0.2) is 4.79 Å². The average Bonchev–Trinajstić information content (AvgIpc) is 2.26. The van der Waals surface area contributed by atoms with Crippen molar-refractivity contribution in [2.24, 2.45) is 0 Å². The normalized spacial score (nSPS) is 11.1. The Morgan fingerprint density at radius 2 is 1.59 bits per heavy atom. The molecule has 3 nitrogen and oxygen atoms in total. The van der Waals surface area contributed by atoms with Gasteiger partial charge in [-0.3, -0.25) is 4.79 Å². The molecule has 0 radical (unpaired) electrons. The molecule has 0 unspecified atom stereocenters. The predicted molar refractivity (Wildman–Crippen MR) is 66.5 cm³/mol. The average molecular weight is 234 g/mol. The maximum atomic E-state index is 11.5. The fourth-order valence-corrected chi connectivity index (χ4v) is 1.50. The standard InChI is InChI=1S/C14H18O3/c1-9(15)10-6-11(13(16)17-5)8-12(7-10)14(2,3)4/h6-8H,1-5H3. The number of benzene rings is 1. The van der Waals surface area contributed by atoms with Crippen molar-refractivity contribution in [3.05, 3.63) is 34.9 Å². The number of ether oxygens (including phenoxy) is 1. The Morgan fingerprint density at radius 3 is 2.00 bits per heavy atom. The Morgan fingerprint density at radius 1 is 1.06 bits per heavy atom. The van der Waals surface area contributed by atoms with E-state index < -0.39 is 5.97 Å². The molecule has 0 bridgehead atoms. The molecule has 1 aromatic carbocycles. The summed E-state index contributed by atoms with van der Waals surface area (Å²) < 4.78 is 4.69. The molecular formula is C14H18O3. The third-order valence-corrected chi connectivity index (χ3v) is 2.63. The molecule has 0 N–H and O–H groups in total. The van der Waals surface area contributed by atoms with Crippen LogP contribution < -0.4 is 0 Å². The summed E-state index contributed by atoms with van der Waals surface area (Å²) in [7, 11) is 1.33. The number of ketones is 1. The Hall–Kier alpha value is -1.64. The number of esters is 1. The van der Waals surface area contributed by atoms with E-state index in [1.54, 1.807) is 12.1 Å². The van der Waals surface area contributed by atoms with E-state index in [1.807, 2.05) is 26.8 Å². The number of methoxy groups -OCH3 is 1. The Balaban J connectivity index is 3.39. The summed E-state index contributed by atoms with van der Waals surface area (Å²) in [6.07, 6.45) is 0. The van der Waals surface area contributed by atoms with Gasteiger partial charge < -0.3 is 4.74 Å². The molecule has 0 atom stereocenters. The van der Waals surface area contributed by atoms with Gasteiger partial charge in [0.15, 0.2) is 5.78 Å². The van der Waals surface area contributed by atoms with Crippen LogP contribution in [0.5, 0.6) is 0 Å². The Bertz CT molecular complexity index is 453. The van der Waals surface area contributed by atoms with Gasteiger partial charge in [0.2, 0.25) is 0 Å². The minimum atomic E-state index is -0.418. The summed E-state index contributed by atoms with van der Waals surface area (Å²) in [5.41, 5.74) is 1.79. The van der Waals surface area contributed by atoms with Gasteiger partial charge in [0.25, 0.3) is 0 Å². The van der Waals surface area contributed by atoms with Gasteiger partial charge in [-0.15, -0.1) is 0 Å². The summed E-state index contributed by atoms with van der Waals surface area (Å²) in [5.74, 6) is -0.472. The van der Waals surface area contributed by atoms with E-state index in [0.717, 1.165) is 5.56 Å². The maximum Gasteiger partial charge on any atom is 0.337 e. The van der Waals surface area contributed by atoms with Crippen LogP contribution in [0.15, 0.2) is 18.2 Å². The third-order valence-electron chi connectivity index (χ3n) is 2.63. The van der Waals surface area contributed by atoms with Crippen molar-refractivity contribution in [3.8, 4) is 0 Å². The largest absolute Gasteiger partial charge is 0.465 e. The molecule has 92 valence electrons. The summed E-state index contributed by atoms with van der Waals surface area (Å²) >= 11 is 0. The fourth-order valence-electron chi connectivity index (χ4n) is 1.50. The maximum absolute atomic E-state index is 11.5. The molecule has 17 heavy (non-hydrogen) atoms. The van der Waals surface area contributed by atoms with Crippen molar-refractivity contribution in [2.45, 2.75) is 33.1 Å². The molecule has 0 saturated heterocycles. The van der Waals surface area contributed by atoms with E-state index in [-0.39, 0.29) is 11.2 Å². The first-order chi connectivity index (χ1) is 7.75. The lowest BCUT2D eigenvalue weighted by Crippen LogP contribution is -2.14. The summed E-state index contributed by atoms with van der Waals surface area (Å²) in [4.78, 5) is 23.0. The van der Waals surface area contributed by atoms with Crippen LogP contribution in [0.4, 0.5) is 0 Å². The first-order valence-corrected chi connectivity index (χ1v) is 5.50. The molecule has 0 heterocycles. The number of carbonyl (C=O) groups excluding carboxylic acids is 2. The van der Waals surface area contributed by atoms with Gasteiger partial charge >= 0.3 is 5.97 Å². The Labute approximate surface area is 102 Å². The zero-order valence-electron chi connectivity index (χ0n) is 11.0. The fraction of sp³-hybridized carbons (Fsp3) is 0.429. The molecule has 0 saturated carbocycles. The first-order valence-electron chi connectivity index (χ1n) is 5.50. The summed E-state index contributed by atoms with van der Waals surface area (Å²) in [6.45, 7) is 7.59. The van der Waals surface area contributed by atoms with Gasteiger partial charge in [-0.05, 0) is 36.1 Å². The number of carbonyl (C=O) groups is 2. The summed E-state index contributed by atoms with van der Waals surface area (Å²) in [6, 6.07) is 5.18. The van der Waals surface area contributed by atoms with Crippen molar-refractivity contribution >= 4 is 11.8 Å². The second-order valence-corrected chi connectivity index (χ2v) is 5.10. The predicted octanol–water partition coefficient (Wildman–Crippen LogP) is 2.97. The molecule has 0 fully saturated rings. The number of hydrogen-bond donors (Lipinski definition) is 0. The van der Waals surface area contributed by atoms with Crippen molar-refractivity contribution in [3.63, 3.8) is 0 Å². The van der Waals surface area contributed by atoms with Gasteiger partial charge in [0, 0.05) is 5.56 Å². The van der Waals surface area contributed by atoms with Crippen molar-refractivity contribution in [1.29, 1.82) is 0 Å². The van der Waals surface area contributed by atoms with E-state index >= 15 is 0 Å².